The van der Waals surface area contributed by atoms with Gasteiger partial charge in [0.1, 0.15) is 0 Å². The normalized spacial score (nSPS) is 13.6. The molecule has 0 amide bonds. The summed E-state index contributed by atoms with van der Waals surface area (Å²) in [4.78, 5) is 0. The van der Waals surface area contributed by atoms with Gasteiger partial charge in [-0.3, -0.25) is 0 Å². The molecule has 0 radical (unpaired) electrons. The fourth-order valence-electron chi connectivity index (χ4n) is 4.06. The van der Waals surface area contributed by atoms with Crippen molar-refractivity contribution >= 4 is 0 Å². The van der Waals surface area contributed by atoms with Crippen molar-refractivity contribution in [1.82, 2.24) is 0 Å². The Morgan fingerprint density at radius 3 is 1.52 bits per heavy atom. The van der Waals surface area contributed by atoms with E-state index >= 15 is 0 Å². The molecule has 0 rings (SSSR count). The summed E-state index contributed by atoms with van der Waals surface area (Å²) in [6, 6.07) is 0. The Hall–Kier alpha value is -0.540. The quantitative estimate of drug-likeness (QED) is 0.211. The first-order valence-electron chi connectivity index (χ1n) is 11.9. The first-order valence-corrected chi connectivity index (χ1v) is 11.9. The van der Waals surface area contributed by atoms with Crippen molar-refractivity contribution in [2.24, 2.45) is 11.7 Å². The molecule has 1 unspecified atom stereocenters. The van der Waals surface area contributed by atoms with Gasteiger partial charge in [-0.1, -0.05) is 97.3 Å². The van der Waals surface area contributed by atoms with E-state index in [1.54, 1.807) is 0 Å². The molecule has 4 N–H and O–H groups in total. The van der Waals surface area contributed by atoms with Crippen molar-refractivity contribution in [3.63, 3.8) is 0 Å². The molecule has 0 saturated heterocycles. The second-order valence-electron chi connectivity index (χ2n) is 8.13. The fraction of sp³-hybridized carbons (Fsp3) is 0.917. The SMILES string of the molecule is CCCCCCCCCCCCCCCC(CC)/C(CCO)=C(\N)CCO. The zero-order valence-corrected chi connectivity index (χ0v) is 18.5. The highest BCUT2D eigenvalue weighted by Crippen LogP contribution is 2.27. The Morgan fingerprint density at radius 2 is 1.11 bits per heavy atom. The summed E-state index contributed by atoms with van der Waals surface area (Å²) in [6.45, 7) is 4.73. The molecule has 3 heteroatoms. The maximum absolute atomic E-state index is 9.33. The first kappa shape index (κ1) is 26.5. The number of hydrogen-bond acceptors (Lipinski definition) is 3. The number of rotatable bonds is 20. The first-order chi connectivity index (χ1) is 13.2. The maximum atomic E-state index is 9.33. The second kappa shape index (κ2) is 20.2. The molecule has 0 aliphatic rings. The van der Waals surface area contributed by atoms with Crippen LogP contribution in [0.15, 0.2) is 11.3 Å². The van der Waals surface area contributed by atoms with Crippen molar-refractivity contribution in [3.05, 3.63) is 11.3 Å². The highest BCUT2D eigenvalue weighted by atomic mass is 16.3. The molecule has 0 bridgehead atoms. The molecule has 0 aromatic rings. The topological polar surface area (TPSA) is 66.5 Å². The monoisotopic (exact) mass is 383 g/mol. The smallest absolute Gasteiger partial charge is 0.0485 e. The molecule has 0 aromatic heterocycles. The van der Waals surface area contributed by atoms with Crippen molar-refractivity contribution in [3.8, 4) is 0 Å². The molecule has 27 heavy (non-hydrogen) atoms. The van der Waals surface area contributed by atoms with E-state index in [-0.39, 0.29) is 13.2 Å². The summed E-state index contributed by atoms with van der Waals surface area (Å²) in [5.74, 6) is 0.469. The third-order valence-electron chi connectivity index (χ3n) is 5.82. The van der Waals surface area contributed by atoms with Crippen molar-refractivity contribution in [1.29, 1.82) is 0 Å². The average molecular weight is 384 g/mol. The van der Waals surface area contributed by atoms with Gasteiger partial charge in [0.15, 0.2) is 0 Å². The van der Waals surface area contributed by atoms with E-state index in [1.165, 1.54) is 89.0 Å². The Balaban J connectivity index is 3.75. The van der Waals surface area contributed by atoms with Gasteiger partial charge in [-0.05, 0) is 30.8 Å². The van der Waals surface area contributed by atoms with Crippen LogP contribution in [0.5, 0.6) is 0 Å². The molecule has 0 aromatic carbocycles. The van der Waals surface area contributed by atoms with Crippen LogP contribution in [0.25, 0.3) is 0 Å². The van der Waals surface area contributed by atoms with Crippen LogP contribution in [-0.2, 0) is 0 Å². The van der Waals surface area contributed by atoms with Crippen LogP contribution in [0, 0.1) is 5.92 Å². The second-order valence-corrected chi connectivity index (χ2v) is 8.13. The number of hydrogen-bond donors (Lipinski definition) is 3. The summed E-state index contributed by atoms with van der Waals surface area (Å²) in [5.41, 5.74) is 8.13. The lowest BCUT2D eigenvalue weighted by Crippen LogP contribution is -2.14. The lowest BCUT2D eigenvalue weighted by Gasteiger charge is -2.21. The molecule has 0 saturated carbocycles. The molecule has 3 nitrogen and oxygen atoms in total. The van der Waals surface area contributed by atoms with Crippen LogP contribution >= 0.6 is 0 Å². The molecule has 0 fully saturated rings. The van der Waals surface area contributed by atoms with Gasteiger partial charge in [-0.25, -0.2) is 0 Å². The van der Waals surface area contributed by atoms with Crippen molar-refractivity contribution in [2.75, 3.05) is 13.2 Å². The van der Waals surface area contributed by atoms with Gasteiger partial charge in [0.05, 0.1) is 0 Å². The molecule has 162 valence electrons. The number of unbranched alkanes of at least 4 members (excludes halogenated alkanes) is 12. The third kappa shape index (κ3) is 15.1. The van der Waals surface area contributed by atoms with Crippen LogP contribution in [0.1, 0.15) is 123 Å². The van der Waals surface area contributed by atoms with Gasteiger partial charge in [0.2, 0.25) is 0 Å². The molecule has 1 atom stereocenters. The zero-order valence-electron chi connectivity index (χ0n) is 18.5. The molecular weight excluding hydrogens is 334 g/mol. The Kier molecular flexibility index (Phi) is 19.8. The van der Waals surface area contributed by atoms with Gasteiger partial charge in [0, 0.05) is 25.3 Å². The fourth-order valence-corrected chi connectivity index (χ4v) is 4.06. The van der Waals surface area contributed by atoms with Crippen LogP contribution in [-0.4, -0.2) is 23.4 Å². The summed E-state index contributed by atoms with van der Waals surface area (Å²) in [7, 11) is 0. The number of aliphatic hydroxyl groups is 2. The van der Waals surface area contributed by atoms with Gasteiger partial charge in [-0.2, -0.15) is 0 Å². The van der Waals surface area contributed by atoms with Gasteiger partial charge in [-0.15, -0.1) is 0 Å². The average Bonchev–Trinajstić information content (AvgIpc) is 2.67. The minimum atomic E-state index is 0.0932. The van der Waals surface area contributed by atoms with E-state index in [0.717, 1.165) is 18.5 Å². The van der Waals surface area contributed by atoms with E-state index in [9.17, 15) is 5.11 Å². The van der Waals surface area contributed by atoms with E-state index < -0.39 is 0 Å². The summed E-state index contributed by atoms with van der Waals surface area (Å²) >= 11 is 0. The van der Waals surface area contributed by atoms with Crippen LogP contribution < -0.4 is 5.73 Å². The summed E-state index contributed by atoms with van der Waals surface area (Å²) in [6.07, 6.45) is 21.4. The highest BCUT2D eigenvalue weighted by molar-refractivity contribution is 5.14. The van der Waals surface area contributed by atoms with E-state index in [0.29, 0.717) is 18.8 Å². The molecule has 0 aliphatic heterocycles. The van der Waals surface area contributed by atoms with Gasteiger partial charge in [0.25, 0.3) is 0 Å². The predicted molar refractivity (Wildman–Crippen MR) is 119 cm³/mol. The van der Waals surface area contributed by atoms with Crippen molar-refractivity contribution < 1.29 is 10.2 Å². The highest BCUT2D eigenvalue weighted by Gasteiger charge is 2.15. The summed E-state index contributed by atoms with van der Waals surface area (Å²) < 4.78 is 0. The van der Waals surface area contributed by atoms with Crippen LogP contribution in [0.4, 0.5) is 0 Å². The minimum absolute atomic E-state index is 0.0932. The lowest BCUT2D eigenvalue weighted by atomic mass is 9.87. The zero-order chi connectivity index (χ0) is 20.2. The van der Waals surface area contributed by atoms with Crippen LogP contribution in [0.2, 0.25) is 0 Å². The van der Waals surface area contributed by atoms with E-state index in [1.807, 2.05) is 0 Å². The van der Waals surface area contributed by atoms with Gasteiger partial charge >= 0.3 is 0 Å². The summed E-state index contributed by atoms with van der Waals surface area (Å²) in [5, 5.41) is 18.5. The van der Waals surface area contributed by atoms with E-state index in [2.05, 4.69) is 13.8 Å². The Morgan fingerprint density at radius 1 is 0.667 bits per heavy atom. The van der Waals surface area contributed by atoms with Crippen LogP contribution in [0.3, 0.4) is 0 Å². The predicted octanol–water partition coefficient (Wildman–Crippen LogP) is 6.47. The molecule has 0 spiro atoms. The maximum Gasteiger partial charge on any atom is 0.0485 e. The minimum Gasteiger partial charge on any atom is -0.402 e. The van der Waals surface area contributed by atoms with Gasteiger partial charge < -0.3 is 15.9 Å². The largest absolute Gasteiger partial charge is 0.402 e. The molecule has 0 aliphatic carbocycles. The Labute approximate surface area is 169 Å². The Bertz CT molecular complexity index is 341. The third-order valence-corrected chi connectivity index (χ3v) is 5.82. The number of aliphatic hydroxyl groups excluding tert-OH is 2. The molecule has 0 heterocycles. The lowest BCUT2D eigenvalue weighted by molar-refractivity contribution is 0.285. The van der Waals surface area contributed by atoms with Crippen molar-refractivity contribution in [2.45, 2.75) is 123 Å². The standard InChI is InChI=1S/C24H49NO2/c1-3-5-6-7-8-9-10-11-12-13-14-15-16-17-22(4-2)23(18-20-26)24(25)19-21-27/h22,26-27H,3-21,25H2,1-2H3/b24-23-. The molecular formula is C24H49NO2. The van der Waals surface area contributed by atoms with E-state index in [4.69, 9.17) is 10.8 Å². The number of nitrogens with two attached hydrogens (primary N) is 1.